The van der Waals surface area contributed by atoms with E-state index in [1.54, 1.807) is 24.1 Å². The molecule has 2 heterocycles. The van der Waals surface area contributed by atoms with E-state index in [2.05, 4.69) is 20.2 Å². The van der Waals surface area contributed by atoms with Gasteiger partial charge in [0.25, 0.3) is 5.56 Å². The summed E-state index contributed by atoms with van der Waals surface area (Å²) in [5, 5.41) is 8.08. The number of carbonyl (C=O) groups is 1. The number of carbonyl (C=O) groups excluding carboxylic acids is 1. The quantitative estimate of drug-likeness (QED) is 0.724. The Morgan fingerprint density at radius 3 is 2.93 bits per heavy atom. The molecule has 2 aromatic heterocycles. The molecule has 7 nitrogen and oxygen atoms in total. The highest BCUT2D eigenvalue weighted by Gasteiger charge is 2.18. The van der Waals surface area contributed by atoms with Crippen LogP contribution in [0.1, 0.15) is 42.0 Å². The van der Waals surface area contributed by atoms with Crippen LogP contribution in [0.15, 0.2) is 29.1 Å². The molecule has 0 saturated heterocycles. The average Bonchev–Trinajstić information content (AvgIpc) is 3.09. The number of amides is 1. The molecule has 0 unspecified atom stereocenters. The Morgan fingerprint density at radius 2 is 2.04 bits per heavy atom. The second-order valence-electron chi connectivity index (χ2n) is 7.11. The number of para-hydroxylation sites is 1. The van der Waals surface area contributed by atoms with Crippen LogP contribution < -0.4 is 5.56 Å². The molecular formula is C20H23N5O2. The SMILES string of the molecule is CN(Cc1nc2ccccc2c(=O)[nH]1)C(=O)CCc1n[nH]c2c1CCCC2. The molecule has 1 aliphatic carbocycles. The van der Waals surface area contributed by atoms with E-state index in [0.717, 1.165) is 18.5 Å². The smallest absolute Gasteiger partial charge is 0.258 e. The van der Waals surface area contributed by atoms with Crippen LogP contribution >= 0.6 is 0 Å². The number of fused-ring (bicyclic) bond motifs is 2. The Kier molecular flexibility index (Phi) is 4.75. The Labute approximate surface area is 156 Å². The molecule has 0 spiro atoms. The molecule has 0 bridgehead atoms. The van der Waals surface area contributed by atoms with Gasteiger partial charge in [0.15, 0.2) is 0 Å². The molecule has 3 aromatic rings. The number of H-pyrrole nitrogens is 2. The number of hydrogen-bond donors (Lipinski definition) is 2. The first-order valence-electron chi connectivity index (χ1n) is 9.38. The second-order valence-corrected chi connectivity index (χ2v) is 7.11. The highest BCUT2D eigenvalue weighted by atomic mass is 16.2. The van der Waals surface area contributed by atoms with Crippen molar-refractivity contribution in [1.82, 2.24) is 25.1 Å². The average molecular weight is 365 g/mol. The summed E-state index contributed by atoms with van der Waals surface area (Å²) < 4.78 is 0. The lowest BCUT2D eigenvalue weighted by Gasteiger charge is -2.17. The van der Waals surface area contributed by atoms with Gasteiger partial charge in [0, 0.05) is 25.6 Å². The summed E-state index contributed by atoms with van der Waals surface area (Å²) in [7, 11) is 1.73. The molecule has 0 atom stereocenters. The Balaban J connectivity index is 1.41. The van der Waals surface area contributed by atoms with E-state index >= 15 is 0 Å². The molecule has 1 amide bonds. The van der Waals surface area contributed by atoms with E-state index in [1.807, 2.05) is 12.1 Å². The first-order chi connectivity index (χ1) is 13.1. The van der Waals surface area contributed by atoms with Crippen LogP contribution in [0.25, 0.3) is 10.9 Å². The summed E-state index contributed by atoms with van der Waals surface area (Å²) >= 11 is 0. The minimum absolute atomic E-state index is 0.0124. The number of nitrogens with zero attached hydrogens (tertiary/aromatic N) is 3. The molecule has 140 valence electrons. The minimum Gasteiger partial charge on any atom is -0.338 e. The number of hydrogen-bond acceptors (Lipinski definition) is 4. The molecule has 0 fully saturated rings. The van der Waals surface area contributed by atoms with Crippen LogP contribution in [0, 0.1) is 0 Å². The van der Waals surface area contributed by atoms with Gasteiger partial charge in [0.2, 0.25) is 5.91 Å². The van der Waals surface area contributed by atoms with Crippen molar-refractivity contribution in [3.8, 4) is 0 Å². The third kappa shape index (κ3) is 3.63. The largest absolute Gasteiger partial charge is 0.338 e. The summed E-state index contributed by atoms with van der Waals surface area (Å²) in [5.41, 5.74) is 4.01. The van der Waals surface area contributed by atoms with E-state index in [1.165, 1.54) is 24.1 Å². The Hall–Kier alpha value is -2.96. The van der Waals surface area contributed by atoms with Crippen molar-refractivity contribution in [3.63, 3.8) is 0 Å². The third-order valence-electron chi connectivity index (χ3n) is 5.19. The molecule has 0 radical (unpaired) electrons. The van der Waals surface area contributed by atoms with Gasteiger partial charge in [-0.25, -0.2) is 4.98 Å². The van der Waals surface area contributed by atoms with Crippen LogP contribution in [0.5, 0.6) is 0 Å². The van der Waals surface area contributed by atoms with Crippen molar-refractivity contribution in [2.24, 2.45) is 0 Å². The number of aromatic amines is 2. The maximum absolute atomic E-state index is 12.5. The maximum atomic E-state index is 12.5. The molecular weight excluding hydrogens is 342 g/mol. The van der Waals surface area contributed by atoms with Crippen molar-refractivity contribution >= 4 is 16.8 Å². The zero-order chi connectivity index (χ0) is 18.8. The first-order valence-corrected chi connectivity index (χ1v) is 9.38. The van der Waals surface area contributed by atoms with Gasteiger partial charge in [-0.15, -0.1) is 0 Å². The van der Waals surface area contributed by atoms with Crippen molar-refractivity contribution in [1.29, 1.82) is 0 Å². The van der Waals surface area contributed by atoms with Crippen LogP contribution in [0.4, 0.5) is 0 Å². The van der Waals surface area contributed by atoms with Crippen molar-refractivity contribution in [2.75, 3.05) is 7.05 Å². The van der Waals surface area contributed by atoms with Crippen molar-refractivity contribution < 1.29 is 4.79 Å². The molecule has 1 aromatic carbocycles. The van der Waals surface area contributed by atoms with Crippen LogP contribution in [-0.2, 0) is 30.6 Å². The molecule has 27 heavy (non-hydrogen) atoms. The summed E-state index contributed by atoms with van der Waals surface area (Å²) in [6.45, 7) is 0.275. The summed E-state index contributed by atoms with van der Waals surface area (Å²) in [6, 6.07) is 7.20. The van der Waals surface area contributed by atoms with Gasteiger partial charge in [-0.3, -0.25) is 14.7 Å². The van der Waals surface area contributed by atoms with Gasteiger partial charge in [0.1, 0.15) is 5.82 Å². The predicted octanol–water partition coefficient (Wildman–Crippen LogP) is 2.12. The number of nitrogens with one attached hydrogen (secondary N) is 2. The van der Waals surface area contributed by atoms with Crippen LogP contribution in [0.2, 0.25) is 0 Å². The van der Waals surface area contributed by atoms with Gasteiger partial charge in [0.05, 0.1) is 23.1 Å². The van der Waals surface area contributed by atoms with E-state index < -0.39 is 0 Å². The molecule has 7 heteroatoms. The Bertz CT molecular complexity index is 1040. The van der Waals surface area contributed by atoms with Crippen LogP contribution in [0.3, 0.4) is 0 Å². The summed E-state index contributed by atoms with van der Waals surface area (Å²) in [6.07, 6.45) is 5.52. The molecule has 2 N–H and O–H groups in total. The van der Waals surface area contributed by atoms with Crippen molar-refractivity contribution in [3.05, 3.63) is 57.4 Å². The van der Waals surface area contributed by atoms with Gasteiger partial charge < -0.3 is 9.88 Å². The highest BCUT2D eigenvalue weighted by Crippen LogP contribution is 2.23. The zero-order valence-corrected chi connectivity index (χ0v) is 15.4. The van der Waals surface area contributed by atoms with E-state index in [0.29, 0.717) is 29.6 Å². The van der Waals surface area contributed by atoms with E-state index in [4.69, 9.17) is 0 Å². The van der Waals surface area contributed by atoms with E-state index in [-0.39, 0.29) is 18.0 Å². The topological polar surface area (TPSA) is 94.7 Å². The fraction of sp³-hybridized carbons (Fsp3) is 0.400. The van der Waals surface area contributed by atoms with Gasteiger partial charge in [-0.2, -0.15) is 5.10 Å². The number of aryl methyl sites for hydroxylation is 2. The molecule has 4 rings (SSSR count). The highest BCUT2D eigenvalue weighted by molar-refractivity contribution is 5.78. The lowest BCUT2D eigenvalue weighted by atomic mass is 9.94. The van der Waals surface area contributed by atoms with Gasteiger partial charge >= 0.3 is 0 Å². The third-order valence-corrected chi connectivity index (χ3v) is 5.19. The minimum atomic E-state index is -0.181. The van der Waals surface area contributed by atoms with Crippen molar-refractivity contribution in [2.45, 2.75) is 45.1 Å². The maximum Gasteiger partial charge on any atom is 0.258 e. The molecule has 0 saturated carbocycles. The fourth-order valence-corrected chi connectivity index (χ4v) is 3.70. The zero-order valence-electron chi connectivity index (χ0n) is 15.4. The number of benzene rings is 1. The summed E-state index contributed by atoms with van der Waals surface area (Å²) in [4.78, 5) is 33.5. The Morgan fingerprint density at radius 1 is 1.22 bits per heavy atom. The lowest BCUT2D eigenvalue weighted by molar-refractivity contribution is -0.130. The number of rotatable bonds is 5. The standard InChI is InChI=1S/C20H23N5O2/c1-25(12-18-21-15-8-4-3-7-14(15)20(27)22-18)19(26)11-10-17-13-6-2-5-9-16(13)23-24-17/h3-4,7-8H,2,5-6,9-12H2,1H3,(H,23,24)(H,21,22,27). The number of aromatic nitrogens is 4. The molecule has 1 aliphatic rings. The first kappa shape index (κ1) is 17.5. The predicted molar refractivity (Wildman–Crippen MR) is 102 cm³/mol. The lowest BCUT2D eigenvalue weighted by Crippen LogP contribution is -2.28. The summed E-state index contributed by atoms with van der Waals surface area (Å²) in [5.74, 6) is 0.505. The van der Waals surface area contributed by atoms with Gasteiger partial charge in [-0.1, -0.05) is 12.1 Å². The monoisotopic (exact) mass is 365 g/mol. The fourth-order valence-electron chi connectivity index (χ4n) is 3.70. The van der Waals surface area contributed by atoms with Crippen LogP contribution in [-0.4, -0.2) is 38.0 Å². The van der Waals surface area contributed by atoms with Gasteiger partial charge in [-0.05, 0) is 43.4 Å². The second kappa shape index (κ2) is 7.34. The van der Waals surface area contributed by atoms with E-state index in [9.17, 15) is 9.59 Å². The normalized spacial score (nSPS) is 13.5. The molecule has 0 aliphatic heterocycles.